The van der Waals surface area contributed by atoms with E-state index in [4.69, 9.17) is 0 Å². The Kier molecular flexibility index (Phi) is 5.28. The maximum absolute atomic E-state index is 12.0. The molecule has 1 aliphatic heterocycles. The second kappa shape index (κ2) is 6.96. The van der Waals surface area contributed by atoms with E-state index in [1.807, 2.05) is 19.1 Å². The van der Waals surface area contributed by atoms with Gasteiger partial charge in [-0.3, -0.25) is 4.79 Å². The fraction of sp³-hybridized carbons (Fsp3) is 0.533. The summed E-state index contributed by atoms with van der Waals surface area (Å²) in [6.07, 6.45) is 0.943. The second-order valence-corrected chi connectivity index (χ2v) is 6.08. The van der Waals surface area contributed by atoms with E-state index in [1.54, 1.807) is 11.8 Å². The van der Waals surface area contributed by atoms with Gasteiger partial charge in [0.15, 0.2) is 0 Å². The highest BCUT2D eigenvalue weighted by Crippen LogP contribution is 2.21. The zero-order valence-electron chi connectivity index (χ0n) is 11.7. The molecule has 1 amide bonds. The first-order valence-corrected chi connectivity index (χ1v) is 8.03. The molecule has 1 aromatic carbocycles. The summed E-state index contributed by atoms with van der Waals surface area (Å²) in [5.74, 6) is 2.49. The molecule has 0 atom stereocenters. The van der Waals surface area contributed by atoms with Crippen molar-refractivity contribution in [1.82, 2.24) is 5.32 Å². The molecule has 3 nitrogen and oxygen atoms in total. The van der Waals surface area contributed by atoms with Crippen LogP contribution >= 0.6 is 11.8 Å². The number of para-hydroxylation sites is 1. The number of amides is 1. The molecule has 2 rings (SSSR count). The van der Waals surface area contributed by atoms with Crippen molar-refractivity contribution in [2.45, 2.75) is 20.3 Å². The third-order valence-corrected chi connectivity index (χ3v) is 4.63. The predicted octanol–water partition coefficient (Wildman–Crippen LogP) is 2.45. The van der Waals surface area contributed by atoms with E-state index < -0.39 is 0 Å². The molecule has 19 heavy (non-hydrogen) atoms. The van der Waals surface area contributed by atoms with Gasteiger partial charge in [0.2, 0.25) is 5.91 Å². The van der Waals surface area contributed by atoms with Crippen molar-refractivity contribution in [3.8, 4) is 0 Å². The zero-order chi connectivity index (χ0) is 13.7. The summed E-state index contributed by atoms with van der Waals surface area (Å²) in [4.78, 5) is 12.0. The molecular formula is C15H22N2OS. The van der Waals surface area contributed by atoms with Crippen molar-refractivity contribution in [3.05, 3.63) is 29.3 Å². The summed E-state index contributed by atoms with van der Waals surface area (Å²) in [5, 5.41) is 6.31. The van der Waals surface area contributed by atoms with Crippen LogP contribution < -0.4 is 10.6 Å². The van der Waals surface area contributed by atoms with Crippen LogP contribution in [-0.4, -0.2) is 30.5 Å². The molecule has 1 heterocycles. The van der Waals surface area contributed by atoms with Crippen molar-refractivity contribution in [2.75, 3.05) is 29.9 Å². The smallest absolute Gasteiger partial charge is 0.234 e. The van der Waals surface area contributed by atoms with Crippen LogP contribution in [0.3, 0.4) is 0 Å². The summed E-state index contributed by atoms with van der Waals surface area (Å²) in [5.41, 5.74) is 3.35. The fourth-order valence-corrected chi connectivity index (χ4v) is 3.11. The molecule has 0 aromatic heterocycles. The van der Waals surface area contributed by atoms with Crippen LogP contribution in [0.5, 0.6) is 0 Å². The lowest BCUT2D eigenvalue weighted by atomic mass is 10.1. The van der Waals surface area contributed by atoms with Gasteiger partial charge < -0.3 is 10.6 Å². The zero-order valence-corrected chi connectivity index (χ0v) is 12.5. The van der Waals surface area contributed by atoms with Crippen LogP contribution in [0.15, 0.2) is 18.2 Å². The lowest BCUT2D eigenvalue weighted by Gasteiger charge is -2.26. The van der Waals surface area contributed by atoms with E-state index in [0.29, 0.717) is 5.75 Å². The van der Waals surface area contributed by atoms with Crippen LogP contribution in [0.1, 0.15) is 18.1 Å². The largest absolute Gasteiger partial charge is 0.325 e. The number of carbonyl (C=O) groups is 1. The lowest BCUT2D eigenvalue weighted by Crippen LogP contribution is -2.43. The van der Waals surface area contributed by atoms with Gasteiger partial charge in [-0.2, -0.15) is 11.8 Å². The standard InChI is InChI=1S/C15H22N2OS/c1-3-13-6-4-5-11(2)15(13)17-14(18)10-19-9-12-7-16-8-12/h4-6,12,16H,3,7-10H2,1-2H3,(H,17,18). The molecule has 0 unspecified atom stereocenters. The van der Waals surface area contributed by atoms with Crippen LogP contribution in [0, 0.1) is 12.8 Å². The first-order valence-electron chi connectivity index (χ1n) is 6.87. The number of rotatable bonds is 6. The number of nitrogens with one attached hydrogen (secondary N) is 2. The van der Waals surface area contributed by atoms with Crippen molar-refractivity contribution < 1.29 is 4.79 Å². The van der Waals surface area contributed by atoms with E-state index in [1.165, 1.54) is 5.56 Å². The summed E-state index contributed by atoms with van der Waals surface area (Å²) >= 11 is 1.73. The van der Waals surface area contributed by atoms with Gasteiger partial charge in [-0.15, -0.1) is 0 Å². The molecule has 1 saturated heterocycles. The first-order chi connectivity index (χ1) is 9.20. The summed E-state index contributed by atoms with van der Waals surface area (Å²) < 4.78 is 0. The van der Waals surface area contributed by atoms with E-state index >= 15 is 0 Å². The number of aryl methyl sites for hydroxylation is 2. The van der Waals surface area contributed by atoms with Gasteiger partial charge in [-0.1, -0.05) is 25.1 Å². The Hall–Kier alpha value is -1.000. The summed E-state index contributed by atoms with van der Waals surface area (Å²) in [6, 6.07) is 6.17. The molecule has 1 aliphatic rings. The van der Waals surface area contributed by atoms with Crippen molar-refractivity contribution >= 4 is 23.4 Å². The number of carbonyl (C=O) groups excluding carboxylic acids is 1. The molecular weight excluding hydrogens is 256 g/mol. The Balaban J connectivity index is 1.83. The van der Waals surface area contributed by atoms with Gasteiger partial charge in [-0.05, 0) is 49.2 Å². The van der Waals surface area contributed by atoms with Gasteiger partial charge >= 0.3 is 0 Å². The van der Waals surface area contributed by atoms with Crippen LogP contribution in [0.25, 0.3) is 0 Å². The summed E-state index contributed by atoms with van der Waals surface area (Å²) in [7, 11) is 0. The van der Waals surface area contributed by atoms with Gasteiger partial charge in [0.05, 0.1) is 5.75 Å². The number of hydrogen-bond donors (Lipinski definition) is 2. The molecule has 0 saturated carbocycles. The van der Waals surface area contributed by atoms with Gasteiger partial charge in [0, 0.05) is 5.69 Å². The minimum atomic E-state index is 0.112. The maximum Gasteiger partial charge on any atom is 0.234 e. The molecule has 0 bridgehead atoms. The fourth-order valence-electron chi connectivity index (χ4n) is 2.16. The molecule has 0 spiro atoms. The molecule has 104 valence electrons. The molecule has 0 radical (unpaired) electrons. The number of hydrogen-bond acceptors (Lipinski definition) is 3. The lowest BCUT2D eigenvalue weighted by molar-refractivity contribution is -0.113. The molecule has 1 aromatic rings. The highest BCUT2D eigenvalue weighted by molar-refractivity contribution is 7.99. The Morgan fingerprint density at radius 2 is 2.26 bits per heavy atom. The molecule has 1 fully saturated rings. The van der Waals surface area contributed by atoms with E-state index in [9.17, 15) is 4.79 Å². The highest BCUT2D eigenvalue weighted by Gasteiger charge is 2.17. The third-order valence-electron chi connectivity index (χ3n) is 3.46. The predicted molar refractivity (Wildman–Crippen MR) is 82.9 cm³/mol. The number of anilines is 1. The van der Waals surface area contributed by atoms with Crippen molar-refractivity contribution in [3.63, 3.8) is 0 Å². The van der Waals surface area contributed by atoms with E-state index in [-0.39, 0.29) is 5.91 Å². The Labute approximate surface area is 119 Å². The SMILES string of the molecule is CCc1cccc(C)c1NC(=O)CSCC1CNC1. The maximum atomic E-state index is 12.0. The number of benzene rings is 1. The average molecular weight is 278 g/mol. The van der Waals surface area contributed by atoms with E-state index in [0.717, 1.165) is 42.4 Å². The highest BCUT2D eigenvalue weighted by atomic mass is 32.2. The Bertz CT molecular complexity index is 444. The molecule has 2 N–H and O–H groups in total. The van der Waals surface area contributed by atoms with Gasteiger partial charge in [-0.25, -0.2) is 0 Å². The minimum Gasteiger partial charge on any atom is -0.325 e. The Morgan fingerprint density at radius 1 is 1.47 bits per heavy atom. The van der Waals surface area contributed by atoms with Crippen LogP contribution in [0.4, 0.5) is 5.69 Å². The van der Waals surface area contributed by atoms with E-state index in [2.05, 4.69) is 23.6 Å². The normalized spacial score (nSPS) is 15.1. The first kappa shape index (κ1) is 14.4. The minimum absolute atomic E-state index is 0.112. The number of thioether (sulfide) groups is 1. The van der Waals surface area contributed by atoms with Crippen LogP contribution in [0.2, 0.25) is 0 Å². The van der Waals surface area contributed by atoms with Crippen LogP contribution in [-0.2, 0) is 11.2 Å². The summed E-state index contributed by atoms with van der Waals surface area (Å²) in [6.45, 7) is 6.36. The molecule has 0 aliphatic carbocycles. The second-order valence-electron chi connectivity index (χ2n) is 5.05. The monoisotopic (exact) mass is 278 g/mol. The van der Waals surface area contributed by atoms with Crippen molar-refractivity contribution in [2.24, 2.45) is 5.92 Å². The quantitative estimate of drug-likeness (QED) is 0.840. The third kappa shape index (κ3) is 3.98. The van der Waals surface area contributed by atoms with Gasteiger partial charge in [0.25, 0.3) is 0 Å². The van der Waals surface area contributed by atoms with Crippen molar-refractivity contribution in [1.29, 1.82) is 0 Å². The Morgan fingerprint density at radius 3 is 2.89 bits per heavy atom. The topological polar surface area (TPSA) is 41.1 Å². The molecule has 4 heteroatoms. The van der Waals surface area contributed by atoms with Gasteiger partial charge in [0.1, 0.15) is 0 Å². The average Bonchev–Trinajstić information content (AvgIpc) is 2.35.